The molecule has 1 aliphatic carbocycles. The van der Waals surface area contributed by atoms with Crippen LogP contribution >= 0.6 is 23.2 Å². The number of hydrogen-bond donors (Lipinski definition) is 2. The van der Waals surface area contributed by atoms with Crippen molar-refractivity contribution in [1.29, 1.82) is 0 Å². The van der Waals surface area contributed by atoms with Crippen molar-refractivity contribution in [2.45, 2.75) is 58.7 Å². The first-order valence-corrected chi connectivity index (χ1v) is 18.6. The third-order valence-corrected chi connectivity index (χ3v) is 11.6. The molecule has 7 rings (SSSR count). The molecule has 0 bridgehead atoms. The molecule has 2 aromatic heterocycles. The van der Waals surface area contributed by atoms with E-state index in [0.717, 1.165) is 68.8 Å². The van der Waals surface area contributed by atoms with E-state index in [4.69, 9.17) is 37.6 Å². The summed E-state index contributed by atoms with van der Waals surface area (Å²) in [7, 11) is 3.78. The molecule has 2 aromatic carbocycles. The fraction of sp³-hybridized carbons (Fsp3) is 0.447. The van der Waals surface area contributed by atoms with Gasteiger partial charge in [-0.2, -0.15) is 0 Å². The van der Waals surface area contributed by atoms with Crippen LogP contribution in [0, 0.1) is 11.8 Å². The first-order chi connectivity index (χ1) is 25.0. The summed E-state index contributed by atoms with van der Waals surface area (Å²) in [4.78, 5) is 53.2. The molecule has 274 valence electrons. The van der Waals surface area contributed by atoms with Crippen molar-refractivity contribution in [3.8, 4) is 22.6 Å². The third-order valence-electron chi connectivity index (χ3n) is 10.8. The Morgan fingerprint density at radius 3 is 2.38 bits per heavy atom. The number of aromatic nitrogens is 3. The number of fused-ring (bicyclic) bond motifs is 2. The fourth-order valence-electron chi connectivity index (χ4n) is 7.59. The zero-order valence-corrected chi connectivity index (χ0v) is 31.1. The molecule has 3 aliphatic rings. The number of imidazole rings is 1. The summed E-state index contributed by atoms with van der Waals surface area (Å²) in [6, 6.07) is 10.9. The lowest BCUT2D eigenvalue weighted by Crippen LogP contribution is -2.36. The summed E-state index contributed by atoms with van der Waals surface area (Å²) < 4.78 is 7.99. The monoisotopic (exact) mass is 747 g/mol. The van der Waals surface area contributed by atoms with Gasteiger partial charge in [-0.15, -0.1) is 0 Å². The van der Waals surface area contributed by atoms with Gasteiger partial charge in [0.1, 0.15) is 11.5 Å². The van der Waals surface area contributed by atoms with Crippen molar-refractivity contribution in [3.05, 3.63) is 75.1 Å². The van der Waals surface area contributed by atoms with Crippen molar-refractivity contribution in [1.82, 2.24) is 29.2 Å². The Balaban J connectivity index is 1.03. The minimum Gasteiger partial charge on any atom is -0.481 e. The molecule has 4 aromatic rings. The molecule has 2 amide bonds. The van der Waals surface area contributed by atoms with Crippen LogP contribution in [-0.2, 0) is 42.7 Å². The number of halogens is 2. The molecule has 52 heavy (non-hydrogen) atoms. The number of nitrogens with zero attached hydrogens (tertiary/aromatic N) is 6. The van der Waals surface area contributed by atoms with Crippen molar-refractivity contribution >= 4 is 46.7 Å². The molecule has 2 aliphatic heterocycles. The number of rotatable bonds is 10. The lowest BCUT2D eigenvalue weighted by atomic mass is 9.81. The molecule has 1 fully saturated rings. The molecule has 2 N–H and O–H groups in total. The Morgan fingerprint density at radius 1 is 0.962 bits per heavy atom. The normalized spacial score (nSPS) is 18.8. The van der Waals surface area contributed by atoms with E-state index >= 15 is 0 Å². The first kappa shape index (κ1) is 36.1. The number of carboxylic acid groups (broad SMARTS) is 1. The van der Waals surface area contributed by atoms with Gasteiger partial charge in [0.2, 0.25) is 11.8 Å². The second kappa shape index (κ2) is 15.0. The third kappa shape index (κ3) is 7.21. The molecule has 12 nitrogen and oxygen atoms in total. The summed E-state index contributed by atoms with van der Waals surface area (Å²) in [5.74, 6) is 0.567. The minimum atomic E-state index is -0.684. The van der Waals surface area contributed by atoms with E-state index in [1.54, 1.807) is 11.0 Å². The fourth-order valence-corrected chi connectivity index (χ4v) is 8.18. The van der Waals surface area contributed by atoms with Crippen LogP contribution in [0.15, 0.2) is 40.8 Å². The molecule has 4 heterocycles. The van der Waals surface area contributed by atoms with E-state index in [1.165, 1.54) is 0 Å². The Bertz CT molecular complexity index is 1990. The Labute approximate surface area is 312 Å². The largest absolute Gasteiger partial charge is 0.481 e. The number of carbonyl (C=O) groups excluding carboxylic acids is 2. The second-order valence-electron chi connectivity index (χ2n) is 14.2. The molecule has 0 unspecified atom stereocenters. The number of hydrogen-bond acceptors (Lipinski definition) is 8. The number of carbonyl (C=O) groups is 3. The van der Waals surface area contributed by atoms with E-state index in [9.17, 15) is 19.5 Å². The second-order valence-corrected chi connectivity index (χ2v) is 14.9. The van der Waals surface area contributed by atoms with Gasteiger partial charge in [-0.1, -0.05) is 54.4 Å². The first-order valence-electron chi connectivity index (χ1n) is 17.8. The van der Waals surface area contributed by atoms with Crippen LogP contribution in [0.25, 0.3) is 22.6 Å². The highest BCUT2D eigenvalue weighted by Gasteiger charge is 2.32. The number of likely N-dealkylation sites (N-methyl/N-ethyl adjacent to an activating group) is 1. The predicted octanol–water partition coefficient (Wildman–Crippen LogP) is 6.34. The summed E-state index contributed by atoms with van der Waals surface area (Å²) in [5, 5.41) is 13.0. The van der Waals surface area contributed by atoms with E-state index < -0.39 is 5.97 Å². The van der Waals surface area contributed by atoms with Crippen LogP contribution in [0.2, 0.25) is 10.0 Å². The molecule has 0 saturated heterocycles. The van der Waals surface area contributed by atoms with Crippen LogP contribution in [-0.4, -0.2) is 85.4 Å². The van der Waals surface area contributed by atoms with Crippen LogP contribution in [0.1, 0.15) is 66.1 Å². The number of nitrogens with one attached hydrogen (secondary N) is 1. The highest BCUT2D eigenvalue weighted by molar-refractivity contribution is 6.39. The summed E-state index contributed by atoms with van der Waals surface area (Å²) in [6.07, 6.45) is 4.09. The molecule has 14 heteroatoms. The average molecular weight is 749 g/mol. The number of anilines is 1. The quantitative estimate of drug-likeness (QED) is 0.190. The summed E-state index contributed by atoms with van der Waals surface area (Å²) >= 11 is 14.0. The van der Waals surface area contributed by atoms with Gasteiger partial charge in [0.25, 0.3) is 5.91 Å². The number of amides is 2. The van der Waals surface area contributed by atoms with Crippen molar-refractivity contribution < 1.29 is 23.9 Å². The Hall–Kier alpha value is -4.23. The zero-order chi connectivity index (χ0) is 36.7. The zero-order valence-electron chi connectivity index (χ0n) is 29.6. The lowest BCUT2D eigenvalue weighted by molar-refractivity contribution is -0.143. The maximum absolute atomic E-state index is 13.7. The van der Waals surface area contributed by atoms with Crippen LogP contribution in [0.5, 0.6) is 0 Å². The highest BCUT2D eigenvalue weighted by atomic mass is 35.5. The lowest BCUT2D eigenvalue weighted by Gasteiger charge is -2.33. The summed E-state index contributed by atoms with van der Waals surface area (Å²) in [5.41, 5.74) is 4.97. The smallest absolute Gasteiger partial charge is 0.306 e. The molecule has 1 saturated carbocycles. The van der Waals surface area contributed by atoms with Crippen molar-refractivity contribution in [2.24, 2.45) is 18.9 Å². The maximum atomic E-state index is 13.7. The van der Waals surface area contributed by atoms with Gasteiger partial charge in [0.05, 0.1) is 52.5 Å². The van der Waals surface area contributed by atoms with Crippen LogP contribution in [0.4, 0.5) is 5.69 Å². The van der Waals surface area contributed by atoms with E-state index in [-0.39, 0.29) is 17.7 Å². The van der Waals surface area contributed by atoms with Crippen LogP contribution < -0.4 is 5.32 Å². The van der Waals surface area contributed by atoms with E-state index in [1.807, 2.05) is 60.8 Å². The van der Waals surface area contributed by atoms with Crippen molar-refractivity contribution in [3.63, 3.8) is 0 Å². The number of aliphatic carboxylic acids is 1. The van der Waals surface area contributed by atoms with Gasteiger partial charge in [-0.3, -0.25) is 24.2 Å². The SMILES string of the molecule is CCN(C)CC(=O)N1Cc2nc(-c3cccc(-c4cccc(NC(=O)c5nc6c(n5C)CCN(CC5CCC(C(=O)O)CC5)C6)c4Cl)c3Cl)oc2C1. The molecule has 0 atom stereocenters. The molecular weight excluding hydrogens is 705 g/mol. The van der Waals surface area contributed by atoms with Gasteiger partial charge in [0, 0.05) is 49.9 Å². The topological polar surface area (TPSA) is 137 Å². The Morgan fingerprint density at radius 2 is 1.67 bits per heavy atom. The molecular formula is C38H43Cl2N7O5. The average Bonchev–Trinajstić information content (AvgIpc) is 3.81. The van der Waals surface area contributed by atoms with Gasteiger partial charge < -0.3 is 24.3 Å². The maximum Gasteiger partial charge on any atom is 0.306 e. The number of oxazole rings is 1. The van der Waals surface area contributed by atoms with E-state index in [2.05, 4.69) is 10.2 Å². The van der Waals surface area contributed by atoms with Crippen molar-refractivity contribution in [2.75, 3.05) is 38.5 Å². The van der Waals surface area contributed by atoms with Gasteiger partial charge >= 0.3 is 5.97 Å². The minimum absolute atomic E-state index is 0.0274. The number of carboxylic acids is 1. The molecule has 0 spiro atoms. The summed E-state index contributed by atoms with van der Waals surface area (Å²) in [6.45, 7) is 6.30. The Kier molecular flexibility index (Phi) is 10.4. The van der Waals surface area contributed by atoms with Gasteiger partial charge in [-0.05, 0) is 57.3 Å². The van der Waals surface area contributed by atoms with Gasteiger partial charge in [0.15, 0.2) is 5.82 Å². The van der Waals surface area contributed by atoms with Crippen LogP contribution in [0.3, 0.4) is 0 Å². The van der Waals surface area contributed by atoms with E-state index in [0.29, 0.717) is 82.0 Å². The number of benzene rings is 2. The van der Waals surface area contributed by atoms with Gasteiger partial charge in [-0.25, -0.2) is 9.97 Å². The standard InChI is InChI=1S/C38H43Cl2N7O5/c1-4-44(2)21-32(48)47-19-29-31(20-47)52-37(43-29)26-9-5-7-24(33(26)39)25-8-6-10-27(34(25)40)42-36(49)35-41-28-18-46(16-15-30(28)45(35)3)17-22-11-13-23(14-12-22)38(50)51/h5-10,22-23H,4,11-21H2,1-3H3,(H,42,49)(H,50,51). The highest BCUT2D eigenvalue weighted by Crippen LogP contribution is 2.42. The predicted molar refractivity (Wildman–Crippen MR) is 198 cm³/mol. The molecule has 0 radical (unpaired) electrons.